The van der Waals surface area contributed by atoms with Crippen molar-refractivity contribution in [1.29, 1.82) is 0 Å². The Balaban J connectivity index is 3.09. The van der Waals surface area contributed by atoms with E-state index in [1.807, 2.05) is 12.1 Å². The predicted molar refractivity (Wildman–Crippen MR) is 71.6 cm³/mol. The minimum absolute atomic E-state index is 0.149. The summed E-state index contributed by atoms with van der Waals surface area (Å²) in [4.78, 5) is 0. The van der Waals surface area contributed by atoms with E-state index in [9.17, 15) is 0 Å². The summed E-state index contributed by atoms with van der Waals surface area (Å²) in [6, 6.07) is 8.27. The van der Waals surface area contributed by atoms with E-state index < -0.39 is 8.80 Å². The van der Waals surface area contributed by atoms with Crippen molar-refractivity contribution >= 4 is 14.0 Å². The van der Waals surface area contributed by atoms with Gasteiger partial charge in [0.05, 0.1) is 0 Å². The van der Waals surface area contributed by atoms with Crippen LogP contribution < -0.4 is 5.19 Å². The van der Waals surface area contributed by atoms with Gasteiger partial charge in [-0.25, -0.2) is 0 Å². The molecule has 0 atom stereocenters. The molecule has 1 rings (SSSR count). The van der Waals surface area contributed by atoms with Crippen molar-refractivity contribution in [2.75, 3.05) is 21.3 Å². The molecule has 0 aromatic heterocycles. The van der Waals surface area contributed by atoms with Crippen LogP contribution in [0, 0.1) is 0 Å². The average molecular weight is 254 g/mol. The standard InChI is InChI=1S/C13H22O3Si/c1-13(2,3)11-7-9-12(10-8-11)17(14-4,15-5)16-6/h7-10H,1-6H3. The molecule has 4 heteroatoms. The number of benzene rings is 1. The molecular weight excluding hydrogens is 232 g/mol. The highest BCUT2D eigenvalue weighted by Crippen LogP contribution is 2.21. The highest BCUT2D eigenvalue weighted by molar-refractivity contribution is 6.75. The summed E-state index contributed by atoms with van der Waals surface area (Å²) in [6.07, 6.45) is 0. The fraction of sp³-hybridized carbons (Fsp3) is 0.538. The molecule has 0 N–H and O–H groups in total. The summed E-state index contributed by atoms with van der Waals surface area (Å²) in [7, 11) is 2.19. The molecule has 0 unspecified atom stereocenters. The van der Waals surface area contributed by atoms with Crippen LogP contribution in [0.5, 0.6) is 0 Å². The molecule has 0 bridgehead atoms. The van der Waals surface area contributed by atoms with Crippen molar-refractivity contribution < 1.29 is 13.3 Å². The van der Waals surface area contributed by atoms with E-state index in [2.05, 4.69) is 32.9 Å². The third-order valence-electron chi connectivity index (χ3n) is 2.91. The second-order valence-electron chi connectivity index (χ2n) is 5.00. The van der Waals surface area contributed by atoms with Crippen molar-refractivity contribution in [3.8, 4) is 0 Å². The van der Waals surface area contributed by atoms with Crippen LogP contribution in [-0.4, -0.2) is 30.1 Å². The molecule has 0 aliphatic carbocycles. The molecule has 0 saturated heterocycles. The van der Waals surface area contributed by atoms with Crippen LogP contribution in [0.1, 0.15) is 26.3 Å². The predicted octanol–water partition coefficient (Wildman–Crippen LogP) is 2.07. The first-order valence-electron chi connectivity index (χ1n) is 5.66. The van der Waals surface area contributed by atoms with E-state index in [1.54, 1.807) is 21.3 Å². The first-order chi connectivity index (χ1) is 7.89. The van der Waals surface area contributed by atoms with Gasteiger partial charge in [0.2, 0.25) is 0 Å². The monoisotopic (exact) mass is 254 g/mol. The lowest BCUT2D eigenvalue weighted by molar-refractivity contribution is 0.140. The van der Waals surface area contributed by atoms with Gasteiger partial charge in [-0.2, -0.15) is 0 Å². The molecule has 96 valence electrons. The zero-order valence-electron chi connectivity index (χ0n) is 11.5. The Morgan fingerprint density at radius 3 is 1.53 bits per heavy atom. The normalized spacial score (nSPS) is 12.8. The molecule has 0 amide bonds. The second-order valence-corrected chi connectivity index (χ2v) is 7.91. The third-order valence-corrected chi connectivity index (χ3v) is 5.56. The van der Waals surface area contributed by atoms with Crippen molar-refractivity contribution in [3.63, 3.8) is 0 Å². The first kappa shape index (κ1) is 14.4. The summed E-state index contributed by atoms with van der Waals surface area (Å²) in [5, 5.41) is 0.984. The third kappa shape index (κ3) is 2.96. The number of hydrogen-bond acceptors (Lipinski definition) is 3. The van der Waals surface area contributed by atoms with Gasteiger partial charge in [0, 0.05) is 26.5 Å². The highest BCUT2D eigenvalue weighted by Gasteiger charge is 2.40. The molecule has 17 heavy (non-hydrogen) atoms. The summed E-state index contributed by atoms with van der Waals surface area (Å²) in [5.74, 6) is 0. The molecule has 0 aliphatic rings. The van der Waals surface area contributed by atoms with Crippen LogP contribution in [0.25, 0.3) is 0 Å². The summed E-state index contributed by atoms with van der Waals surface area (Å²) < 4.78 is 16.3. The van der Waals surface area contributed by atoms with Gasteiger partial charge in [0.25, 0.3) is 0 Å². The lowest BCUT2D eigenvalue weighted by Gasteiger charge is -2.26. The minimum Gasteiger partial charge on any atom is -0.373 e. The Morgan fingerprint density at radius 2 is 1.24 bits per heavy atom. The summed E-state index contributed by atoms with van der Waals surface area (Å²) in [5.41, 5.74) is 1.43. The van der Waals surface area contributed by atoms with Crippen LogP contribution in [0.4, 0.5) is 0 Å². The molecule has 0 fully saturated rings. The lowest BCUT2D eigenvalue weighted by Crippen LogP contribution is -2.54. The molecule has 0 radical (unpaired) electrons. The van der Waals surface area contributed by atoms with Crippen LogP contribution in [0.3, 0.4) is 0 Å². The van der Waals surface area contributed by atoms with Gasteiger partial charge in [-0.1, -0.05) is 45.0 Å². The van der Waals surface area contributed by atoms with Gasteiger partial charge in [0.15, 0.2) is 0 Å². The fourth-order valence-electron chi connectivity index (χ4n) is 1.78. The molecule has 0 saturated carbocycles. The molecule has 1 aromatic rings. The molecular formula is C13H22O3Si. The zero-order chi connectivity index (χ0) is 13.1. The smallest absolute Gasteiger partial charge is 0.373 e. The summed E-state index contributed by atoms with van der Waals surface area (Å²) in [6.45, 7) is 6.57. The van der Waals surface area contributed by atoms with E-state index in [1.165, 1.54) is 5.56 Å². The van der Waals surface area contributed by atoms with Gasteiger partial charge >= 0.3 is 8.80 Å². The van der Waals surface area contributed by atoms with Gasteiger partial charge in [-0.05, 0) is 11.0 Å². The van der Waals surface area contributed by atoms with Gasteiger partial charge in [-0.15, -0.1) is 0 Å². The largest absolute Gasteiger partial charge is 0.536 e. The minimum atomic E-state index is -2.68. The first-order valence-corrected chi connectivity index (χ1v) is 7.38. The van der Waals surface area contributed by atoms with Crippen LogP contribution in [0.15, 0.2) is 24.3 Å². The quantitative estimate of drug-likeness (QED) is 0.770. The Morgan fingerprint density at radius 1 is 0.824 bits per heavy atom. The van der Waals surface area contributed by atoms with E-state index in [-0.39, 0.29) is 5.41 Å². The van der Waals surface area contributed by atoms with E-state index >= 15 is 0 Å². The SMILES string of the molecule is CO[Si](OC)(OC)c1ccc(C(C)(C)C)cc1. The van der Waals surface area contributed by atoms with E-state index in [0.717, 1.165) is 5.19 Å². The molecule has 0 aliphatic heterocycles. The fourth-order valence-corrected chi connectivity index (χ4v) is 3.56. The Bertz CT molecular complexity index is 342. The van der Waals surface area contributed by atoms with Crippen molar-refractivity contribution in [2.24, 2.45) is 0 Å². The van der Waals surface area contributed by atoms with Crippen LogP contribution >= 0.6 is 0 Å². The Hall–Kier alpha value is -0.683. The van der Waals surface area contributed by atoms with Gasteiger partial charge < -0.3 is 13.3 Å². The van der Waals surface area contributed by atoms with Crippen molar-refractivity contribution in [2.45, 2.75) is 26.2 Å². The zero-order valence-corrected chi connectivity index (χ0v) is 12.5. The average Bonchev–Trinajstić information content (AvgIpc) is 2.32. The van der Waals surface area contributed by atoms with E-state index in [4.69, 9.17) is 13.3 Å². The maximum atomic E-state index is 5.44. The van der Waals surface area contributed by atoms with Crippen LogP contribution in [-0.2, 0) is 18.7 Å². The number of hydrogen-bond donors (Lipinski definition) is 0. The van der Waals surface area contributed by atoms with Crippen molar-refractivity contribution in [1.82, 2.24) is 0 Å². The van der Waals surface area contributed by atoms with Gasteiger partial charge in [-0.3, -0.25) is 0 Å². The Kier molecular flexibility index (Phi) is 4.49. The lowest BCUT2D eigenvalue weighted by atomic mass is 9.87. The van der Waals surface area contributed by atoms with Crippen LogP contribution in [0.2, 0.25) is 0 Å². The highest BCUT2D eigenvalue weighted by atomic mass is 28.4. The summed E-state index contributed by atoms with van der Waals surface area (Å²) >= 11 is 0. The second kappa shape index (κ2) is 5.31. The maximum absolute atomic E-state index is 5.44. The molecule has 3 nitrogen and oxygen atoms in total. The maximum Gasteiger partial charge on any atom is 0.536 e. The van der Waals surface area contributed by atoms with Crippen molar-refractivity contribution in [3.05, 3.63) is 29.8 Å². The molecule has 0 spiro atoms. The van der Waals surface area contributed by atoms with Gasteiger partial charge in [0.1, 0.15) is 0 Å². The molecule has 0 heterocycles. The Labute approximate surface area is 105 Å². The molecule has 1 aromatic carbocycles. The topological polar surface area (TPSA) is 27.7 Å². The van der Waals surface area contributed by atoms with E-state index in [0.29, 0.717) is 0 Å². The number of rotatable bonds is 4.